The zero-order chi connectivity index (χ0) is 11.7. The second-order valence-electron chi connectivity index (χ2n) is 5.15. The summed E-state index contributed by atoms with van der Waals surface area (Å²) in [6, 6.07) is 0.833. The maximum Gasteiger partial charge on any atom is 0.197 e. The highest BCUT2D eigenvalue weighted by Crippen LogP contribution is 2.37. The van der Waals surface area contributed by atoms with E-state index < -0.39 is 0 Å². The number of hydrazine groups is 1. The van der Waals surface area contributed by atoms with E-state index in [0.717, 1.165) is 23.6 Å². The lowest BCUT2D eigenvalue weighted by atomic mass is 9.92. The smallest absolute Gasteiger partial charge is 0.197 e. The van der Waals surface area contributed by atoms with Crippen molar-refractivity contribution in [2.45, 2.75) is 44.7 Å². The summed E-state index contributed by atoms with van der Waals surface area (Å²) in [5, 5.41) is 0.819. The maximum atomic E-state index is 5.37. The molecule has 4 nitrogen and oxygen atoms in total. The number of piperidine rings is 1. The van der Waals surface area contributed by atoms with E-state index in [1.807, 2.05) is 6.20 Å². The van der Waals surface area contributed by atoms with Gasteiger partial charge in [0.1, 0.15) is 0 Å². The molecule has 94 valence electrons. The average Bonchev–Trinajstić information content (AvgIpc) is 2.97. The number of fused-ring (bicyclic) bond motifs is 1. The van der Waals surface area contributed by atoms with Crippen molar-refractivity contribution in [3.63, 3.8) is 0 Å². The summed E-state index contributed by atoms with van der Waals surface area (Å²) in [5.41, 5.74) is 2.62. The Bertz CT molecular complexity index is 378. The minimum absolute atomic E-state index is 0.819. The van der Waals surface area contributed by atoms with Crippen molar-refractivity contribution in [2.75, 3.05) is 12.0 Å². The Morgan fingerprint density at radius 3 is 3.12 bits per heavy atom. The van der Waals surface area contributed by atoms with Crippen molar-refractivity contribution < 1.29 is 0 Å². The minimum atomic E-state index is 0.819. The third-order valence-corrected chi connectivity index (χ3v) is 5.06. The van der Waals surface area contributed by atoms with Gasteiger partial charge in [0.2, 0.25) is 0 Å². The van der Waals surface area contributed by atoms with E-state index in [-0.39, 0.29) is 0 Å². The fraction of sp³-hybridized carbons (Fsp3) is 0.750. The number of hydrogen-bond donors (Lipinski definition) is 2. The summed E-state index contributed by atoms with van der Waals surface area (Å²) in [4.78, 5) is 8.23. The molecule has 1 aromatic heterocycles. The first kappa shape index (κ1) is 11.4. The molecular formula is C12H20N4S. The Morgan fingerprint density at radius 2 is 2.29 bits per heavy atom. The Kier molecular flexibility index (Phi) is 3.31. The monoisotopic (exact) mass is 252 g/mol. The van der Waals surface area contributed by atoms with Crippen molar-refractivity contribution in [1.29, 1.82) is 0 Å². The molecular weight excluding hydrogens is 232 g/mol. The molecule has 0 amide bonds. The van der Waals surface area contributed by atoms with Crippen LogP contribution in [0.25, 0.3) is 0 Å². The molecule has 0 radical (unpaired) electrons. The van der Waals surface area contributed by atoms with Gasteiger partial charge in [-0.05, 0) is 38.1 Å². The summed E-state index contributed by atoms with van der Waals surface area (Å²) in [6.07, 6.45) is 9.02. The predicted octanol–water partition coefficient (Wildman–Crippen LogP) is 2.19. The highest BCUT2D eigenvalue weighted by Gasteiger charge is 2.34. The normalized spacial score (nSPS) is 29.2. The minimum Gasteiger partial charge on any atom is -0.300 e. The zero-order valence-electron chi connectivity index (χ0n) is 10.1. The SMILES string of the molecule is NNc1ncc(CN2CCCC3CCCC32)s1. The van der Waals surface area contributed by atoms with Crippen LogP contribution < -0.4 is 11.3 Å². The van der Waals surface area contributed by atoms with Gasteiger partial charge in [0, 0.05) is 23.7 Å². The van der Waals surface area contributed by atoms with Gasteiger partial charge in [0.05, 0.1) is 0 Å². The maximum absolute atomic E-state index is 5.37. The quantitative estimate of drug-likeness (QED) is 0.639. The molecule has 2 unspecified atom stereocenters. The number of hydrogen-bond acceptors (Lipinski definition) is 5. The Morgan fingerprint density at radius 1 is 1.41 bits per heavy atom. The van der Waals surface area contributed by atoms with Gasteiger partial charge >= 0.3 is 0 Å². The number of thiazole rings is 1. The summed E-state index contributed by atoms with van der Waals surface area (Å²) < 4.78 is 0. The molecule has 2 aliphatic rings. The first-order valence-electron chi connectivity index (χ1n) is 6.52. The van der Waals surface area contributed by atoms with Gasteiger partial charge in [0.25, 0.3) is 0 Å². The van der Waals surface area contributed by atoms with Crippen molar-refractivity contribution in [2.24, 2.45) is 11.8 Å². The van der Waals surface area contributed by atoms with Crippen molar-refractivity contribution in [3.05, 3.63) is 11.1 Å². The van der Waals surface area contributed by atoms with E-state index >= 15 is 0 Å². The number of aromatic nitrogens is 1. The average molecular weight is 252 g/mol. The van der Waals surface area contributed by atoms with E-state index in [4.69, 9.17) is 5.84 Å². The molecule has 1 saturated carbocycles. The van der Waals surface area contributed by atoms with Crippen LogP contribution in [-0.2, 0) is 6.54 Å². The van der Waals surface area contributed by atoms with Crippen LogP contribution in [0.1, 0.15) is 37.0 Å². The molecule has 1 aromatic rings. The van der Waals surface area contributed by atoms with Gasteiger partial charge < -0.3 is 0 Å². The summed E-state index contributed by atoms with van der Waals surface area (Å²) in [5.74, 6) is 6.33. The predicted molar refractivity (Wildman–Crippen MR) is 70.7 cm³/mol. The number of nitrogens with two attached hydrogens (primary N) is 1. The number of nitrogens with one attached hydrogen (secondary N) is 1. The lowest BCUT2D eigenvalue weighted by molar-refractivity contribution is 0.107. The molecule has 1 aliphatic heterocycles. The number of anilines is 1. The van der Waals surface area contributed by atoms with Crippen LogP contribution in [0, 0.1) is 5.92 Å². The van der Waals surface area contributed by atoms with Crippen LogP contribution in [0.5, 0.6) is 0 Å². The van der Waals surface area contributed by atoms with Gasteiger partial charge in [-0.1, -0.05) is 17.8 Å². The number of nitrogen functional groups attached to an aromatic ring is 1. The fourth-order valence-electron chi connectivity index (χ4n) is 3.40. The van der Waals surface area contributed by atoms with Gasteiger partial charge in [-0.25, -0.2) is 10.8 Å². The molecule has 2 fully saturated rings. The van der Waals surface area contributed by atoms with Crippen LogP contribution in [-0.4, -0.2) is 22.5 Å². The zero-order valence-corrected chi connectivity index (χ0v) is 10.9. The Hall–Kier alpha value is -0.650. The van der Waals surface area contributed by atoms with E-state index in [0.29, 0.717) is 0 Å². The van der Waals surface area contributed by atoms with Crippen LogP contribution in [0.3, 0.4) is 0 Å². The summed E-state index contributed by atoms with van der Waals surface area (Å²) >= 11 is 1.67. The molecule has 2 atom stereocenters. The van der Waals surface area contributed by atoms with Crippen LogP contribution >= 0.6 is 11.3 Å². The first-order valence-corrected chi connectivity index (χ1v) is 7.34. The molecule has 2 heterocycles. The third kappa shape index (κ3) is 2.32. The van der Waals surface area contributed by atoms with Gasteiger partial charge in [-0.15, -0.1) is 0 Å². The third-order valence-electron chi connectivity index (χ3n) is 4.14. The van der Waals surface area contributed by atoms with Gasteiger partial charge in [-0.3, -0.25) is 10.3 Å². The summed E-state index contributed by atoms with van der Waals surface area (Å²) in [6.45, 7) is 2.31. The second kappa shape index (κ2) is 4.92. The topological polar surface area (TPSA) is 54.2 Å². The number of likely N-dealkylation sites (tertiary alicyclic amines) is 1. The molecule has 0 aromatic carbocycles. The lowest BCUT2D eigenvalue weighted by Crippen LogP contribution is -2.41. The Labute approximate surface area is 106 Å². The van der Waals surface area contributed by atoms with Crippen LogP contribution in [0.2, 0.25) is 0 Å². The van der Waals surface area contributed by atoms with E-state index in [1.54, 1.807) is 11.3 Å². The molecule has 3 N–H and O–H groups in total. The van der Waals surface area contributed by atoms with E-state index in [2.05, 4.69) is 15.3 Å². The standard InChI is InChI=1S/C12H20N4S/c13-15-12-14-7-10(17-12)8-16-6-2-4-9-3-1-5-11(9)16/h7,9,11H,1-6,8,13H2,(H,14,15). The van der Waals surface area contributed by atoms with Crippen LogP contribution in [0.4, 0.5) is 5.13 Å². The molecule has 5 heteroatoms. The second-order valence-corrected chi connectivity index (χ2v) is 6.26. The summed E-state index contributed by atoms with van der Waals surface area (Å²) in [7, 11) is 0. The Balaban J connectivity index is 1.67. The molecule has 1 saturated heterocycles. The molecule has 17 heavy (non-hydrogen) atoms. The van der Waals surface area contributed by atoms with Gasteiger partial charge in [-0.2, -0.15) is 0 Å². The van der Waals surface area contributed by atoms with Crippen molar-refractivity contribution in [1.82, 2.24) is 9.88 Å². The van der Waals surface area contributed by atoms with Crippen molar-refractivity contribution in [3.8, 4) is 0 Å². The lowest BCUT2D eigenvalue weighted by Gasteiger charge is -2.37. The number of rotatable bonds is 3. The van der Waals surface area contributed by atoms with Crippen molar-refractivity contribution >= 4 is 16.5 Å². The van der Waals surface area contributed by atoms with E-state index in [1.165, 1.54) is 43.5 Å². The fourth-order valence-corrected chi connectivity index (χ4v) is 4.15. The highest BCUT2D eigenvalue weighted by atomic mass is 32.1. The molecule has 0 bridgehead atoms. The molecule has 3 rings (SSSR count). The largest absolute Gasteiger partial charge is 0.300 e. The van der Waals surface area contributed by atoms with Gasteiger partial charge in [0.15, 0.2) is 5.13 Å². The molecule has 0 spiro atoms. The van der Waals surface area contributed by atoms with E-state index in [9.17, 15) is 0 Å². The van der Waals surface area contributed by atoms with Crippen LogP contribution in [0.15, 0.2) is 6.20 Å². The first-order chi connectivity index (χ1) is 8.36. The number of nitrogens with zero attached hydrogens (tertiary/aromatic N) is 2. The highest BCUT2D eigenvalue weighted by molar-refractivity contribution is 7.15. The molecule has 1 aliphatic carbocycles.